The second kappa shape index (κ2) is 40.9. The van der Waals surface area contributed by atoms with Gasteiger partial charge in [0.1, 0.15) is 0 Å². The number of rotatable bonds is 31. The Kier molecular flexibility index (Phi) is 44.5. The van der Waals surface area contributed by atoms with Crippen molar-refractivity contribution in [1.82, 2.24) is 34.7 Å². The van der Waals surface area contributed by atoms with E-state index in [1.54, 1.807) is 0 Å². The van der Waals surface area contributed by atoms with Crippen LogP contribution in [0.15, 0.2) is 0 Å². The highest BCUT2D eigenvalue weighted by atomic mass is 15.1. The molecule has 46 heavy (non-hydrogen) atoms. The van der Waals surface area contributed by atoms with Gasteiger partial charge in [-0.3, -0.25) is 0 Å². The fourth-order valence-electron chi connectivity index (χ4n) is 5.05. The number of unbranched alkanes of at least 4 members (excludes halogenated alkanes) is 8. The summed E-state index contributed by atoms with van der Waals surface area (Å²) in [6.07, 6.45) is 18.7. The first-order valence-electron chi connectivity index (χ1n) is 19.9. The van der Waals surface area contributed by atoms with Crippen molar-refractivity contribution in [3.63, 3.8) is 0 Å². The van der Waals surface area contributed by atoms with Crippen molar-refractivity contribution in [3.8, 4) is 0 Å². The van der Waals surface area contributed by atoms with Crippen LogP contribution in [0, 0.1) is 0 Å². The molecule has 0 saturated carbocycles. The van der Waals surface area contributed by atoms with Crippen LogP contribution in [0.5, 0.6) is 0 Å². The Morgan fingerprint density at radius 1 is 0.304 bits per heavy atom. The number of hydrogen-bond acceptors (Lipinski definition) is 7. The van der Waals surface area contributed by atoms with Gasteiger partial charge in [-0.25, -0.2) is 0 Å². The molecule has 0 unspecified atom stereocenters. The third kappa shape index (κ3) is 43.7. The molecule has 0 aromatic rings. The van der Waals surface area contributed by atoms with Crippen LogP contribution in [-0.4, -0.2) is 164 Å². The van der Waals surface area contributed by atoms with Crippen LogP contribution in [-0.2, 0) is 0 Å². The highest BCUT2D eigenvalue weighted by Gasteiger charge is 2.03. The van der Waals surface area contributed by atoms with Crippen LogP contribution in [0.4, 0.5) is 0 Å². The standard InChI is InChI=1S/C20H46N4.C13H31N3.C6H14/c1-7-21(3)15-9-11-17-23(5)19-13-14-20-24(6)18-12-10-16-22(4)8-2;1-5-15(3)11-8-9-13-16(4)12-7-6-10-14-2;1-3-5-6-4-2/h7-20H2,1-6H3;14H,5-13H2,1-4H3;3-6H2,1-2H3. The Morgan fingerprint density at radius 3 is 0.717 bits per heavy atom. The molecule has 0 rings (SSSR count). The molecule has 282 valence electrons. The SMILES string of the molecule is CCCCCC.CCN(C)CCCCN(C)CCCCN(C)CCCCN(C)CC.CCN(C)CCCCN(C)CCCCNC. The van der Waals surface area contributed by atoms with E-state index in [1.807, 2.05) is 7.05 Å². The summed E-state index contributed by atoms with van der Waals surface area (Å²) in [7, 11) is 15.4. The molecule has 0 aromatic heterocycles. The lowest BCUT2D eigenvalue weighted by Gasteiger charge is -2.20. The molecule has 1 N–H and O–H groups in total. The Morgan fingerprint density at radius 2 is 0.522 bits per heavy atom. The monoisotopic (exact) mass is 658 g/mol. The van der Waals surface area contributed by atoms with Crippen molar-refractivity contribution in [2.45, 2.75) is 125 Å². The molecule has 0 radical (unpaired) electrons. The number of nitrogens with zero attached hydrogens (tertiary/aromatic N) is 6. The van der Waals surface area contributed by atoms with Crippen molar-refractivity contribution in [2.75, 3.05) is 134 Å². The van der Waals surface area contributed by atoms with Crippen LogP contribution in [0.2, 0.25) is 0 Å². The fourth-order valence-corrected chi connectivity index (χ4v) is 5.05. The minimum Gasteiger partial charge on any atom is -0.320 e. The number of hydrogen-bond donors (Lipinski definition) is 1. The highest BCUT2D eigenvalue weighted by Crippen LogP contribution is 2.02. The van der Waals surface area contributed by atoms with E-state index in [0.29, 0.717) is 0 Å². The van der Waals surface area contributed by atoms with Gasteiger partial charge in [-0.1, -0.05) is 60.3 Å². The van der Waals surface area contributed by atoms with Crippen molar-refractivity contribution in [1.29, 1.82) is 0 Å². The van der Waals surface area contributed by atoms with Gasteiger partial charge in [0, 0.05) is 0 Å². The summed E-state index contributed by atoms with van der Waals surface area (Å²) >= 11 is 0. The zero-order chi connectivity index (χ0) is 35.3. The van der Waals surface area contributed by atoms with Crippen LogP contribution >= 0.6 is 0 Å². The van der Waals surface area contributed by atoms with E-state index in [4.69, 9.17) is 0 Å². The smallest absolute Gasteiger partial charge is 0.00213 e. The number of nitrogens with one attached hydrogen (secondary N) is 1. The molecular formula is C39H91N7. The van der Waals surface area contributed by atoms with Gasteiger partial charge in [-0.2, -0.15) is 0 Å². The molecule has 0 aliphatic carbocycles. The van der Waals surface area contributed by atoms with Gasteiger partial charge in [-0.15, -0.1) is 0 Å². The third-order valence-electron chi connectivity index (χ3n) is 9.11. The molecule has 0 aromatic carbocycles. The molecule has 0 saturated heterocycles. The quantitative estimate of drug-likeness (QED) is 0.0782. The highest BCUT2D eigenvalue weighted by molar-refractivity contribution is 4.59. The molecule has 0 aliphatic heterocycles. The van der Waals surface area contributed by atoms with E-state index in [0.717, 1.165) is 6.54 Å². The van der Waals surface area contributed by atoms with E-state index < -0.39 is 0 Å². The average molecular weight is 658 g/mol. The summed E-state index contributed by atoms with van der Waals surface area (Å²) in [5.41, 5.74) is 0. The van der Waals surface area contributed by atoms with Gasteiger partial charge in [-0.05, 0) is 199 Å². The summed E-state index contributed by atoms with van der Waals surface area (Å²) in [6, 6.07) is 0. The summed E-state index contributed by atoms with van der Waals surface area (Å²) in [6.45, 7) is 27.0. The predicted molar refractivity (Wildman–Crippen MR) is 212 cm³/mol. The Balaban J connectivity index is -0.000000718. The maximum absolute atomic E-state index is 3.19. The van der Waals surface area contributed by atoms with Crippen LogP contribution in [0.1, 0.15) is 125 Å². The largest absolute Gasteiger partial charge is 0.320 e. The second-order valence-corrected chi connectivity index (χ2v) is 13.9. The first-order chi connectivity index (χ1) is 22.1. The zero-order valence-corrected chi connectivity index (χ0v) is 34.3. The summed E-state index contributed by atoms with van der Waals surface area (Å²) < 4.78 is 0. The molecule has 0 heterocycles. The van der Waals surface area contributed by atoms with E-state index in [-0.39, 0.29) is 0 Å². The fraction of sp³-hybridized carbons (Fsp3) is 1.00. The minimum atomic E-state index is 1.15. The van der Waals surface area contributed by atoms with Gasteiger partial charge >= 0.3 is 0 Å². The molecule has 0 bridgehead atoms. The third-order valence-corrected chi connectivity index (χ3v) is 9.11. The summed E-state index contributed by atoms with van der Waals surface area (Å²) in [4.78, 5) is 14.7. The normalized spacial score (nSPS) is 11.6. The minimum absolute atomic E-state index is 1.15. The van der Waals surface area contributed by atoms with Crippen molar-refractivity contribution >= 4 is 0 Å². The van der Waals surface area contributed by atoms with Gasteiger partial charge in [0.2, 0.25) is 0 Å². The molecule has 0 fully saturated rings. The lowest BCUT2D eigenvalue weighted by Crippen LogP contribution is -2.25. The van der Waals surface area contributed by atoms with Gasteiger partial charge in [0.25, 0.3) is 0 Å². The van der Waals surface area contributed by atoms with Crippen molar-refractivity contribution in [2.24, 2.45) is 0 Å². The average Bonchev–Trinajstić information content (AvgIpc) is 3.06. The first-order valence-corrected chi connectivity index (χ1v) is 19.9. The van der Waals surface area contributed by atoms with Crippen LogP contribution in [0.25, 0.3) is 0 Å². The maximum Gasteiger partial charge on any atom is -0.00213 e. The lowest BCUT2D eigenvalue weighted by molar-refractivity contribution is 0.273. The first kappa shape index (κ1) is 50.1. The van der Waals surface area contributed by atoms with Crippen LogP contribution < -0.4 is 5.32 Å². The van der Waals surface area contributed by atoms with E-state index >= 15 is 0 Å². The molecular weight excluding hydrogens is 566 g/mol. The van der Waals surface area contributed by atoms with E-state index in [2.05, 4.69) is 112 Å². The molecule has 7 nitrogen and oxygen atoms in total. The molecule has 7 heteroatoms. The van der Waals surface area contributed by atoms with Gasteiger partial charge < -0.3 is 34.7 Å². The second-order valence-electron chi connectivity index (χ2n) is 13.9. The Labute approximate surface area is 293 Å². The maximum atomic E-state index is 3.19. The molecule has 0 aliphatic rings. The van der Waals surface area contributed by atoms with Gasteiger partial charge in [0.15, 0.2) is 0 Å². The molecule has 0 atom stereocenters. The van der Waals surface area contributed by atoms with E-state index in [1.165, 1.54) is 168 Å². The molecule has 0 spiro atoms. The zero-order valence-electron chi connectivity index (χ0n) is 34.3. The van der Waals surface area contributed by atoms with E-state index in [9.17, 15) is 0 Å². The van der Waals surface area contributed by atoms with Crippen molar-refractivity contribution < 1.29 is 0 Å². The summed E-state index contributed by atoms with van der Waals surface area (Å²) in [5.74, 6) is 0. The molecule has 0 amide bonds. The van der Waals surface area contributed by atoms with Crippen molar-refractivity contribution in [3.05, 3.63) is 0 Å². The summed E-state index contributed by atoms with van der Waals surface area (Å²) in [5, 5.41) is 3.19. The van der Waals surface area contributed by atoms with Gasteiger partial charge in [0.05, 0.1) is 0 Å². The Hall–Kier alpha value is -0.280. The Bertz CT molecular complexity index is 506. The topological polar surface area (TPSA) is 31.5 Å². The van der Waals surface area contributed by atoms with Crippen LogP contribution in [0.3, 0.4) is 0 Å². The predicted octanol–water partition coefficient (Wildman–Crippen LogP) is 7.33. The lowest BCUT2D eigenvalue weighted by atomic mass is 10.2.